The summed E-state index contributed by atoms with van der Waals surface area (Å²) in [6.45, 7) is 0.858. The van der Waals surface area contributed by atoms with Crippen LogP contribution in [-0.4, -0.2) is 45.4 Å². The number of rotatable bonds is 10. The van der Waals surface area contributed by atoms with Gasteiger partial charge in [-0.15, -0.1) is 0 Å². The van der Waals surface area contributed by atoms with Crippen LogP contribution in [-0.2, 0) is 37.9 Å². The minimum atomic E-state index is -3.96. The Labute approximate surface area is 193 Å². The summed E-state index contributed by atoms with van der Waals surface area (Å²) in [5.74, 6) is 0.479. The zero-order valence-corrected chi connectivity index (χ0v) is 19.5. The summed E-state index contributed by atoms with van der Waals surface area (Å²) in [6, 6.07) is 13.8. The van der Waals surface area contributed by atoms with Gasteiger partial charge in [-0.25, -0.2) is 21.6 Å². The van der Waals surface area contributed by atoms with Gasteiger partial charge in [0.15, 0.2) is 0 Å². The minimum absolute atomic E-state index is 0.00883. The fraction of sp³-hybridized carbons (Fsp3) is 0.318. The van der Waals surface area contributed by atoms with Gasteiger partial charge in [-0.1, -0.05) is 6.07 Å². The Morgan fingerprint density at radius 1 is 0.970 bits per heavy atom. The van der Waals surface area contributed by atoms with E-state index in [2.05, 4.69) is 9.71 Å². The Kier molecular flexibility index (Phi) is 7.25. The molecule has 1 atom stereocenters. The maximum Gasteiger partial charge on any atom is 0.243 e. The molecule has 0 spiro atoms. The number of furan rings is 1. The summed E-state index contributed by atoms with van der Waals surface area (Å²) in [5.41, 5.74) is 0.574. The number of nitrogens with zero attached hydrogens (tertiary/aromatic N) is 2. The van der Waals surface area contributed by atoms with E-state index in [0.29, 0.717) is 18.1 Å². The van der Waals surface area contributed by atoms with Gasteiger partial charge in [-0.3, -0.25) is 4.98 Å². The van der Waals surface area contributed by atoms with Crippen molar-refractivity contribution in [3.8, 4) is 0 Å². The Balaban J connectivity index is 1.54. The molecule has 1 aliphatic heterocycles. The normalized spacial score (nSPS) is 16.9. The highest BCUT2D eigenvalue weighted by Gasteiger charge is 2.27. The molecule has 0 saturated carbocycles. The van der Waals surface area contributed by atoms with E-state index in [-0.39, 0.29) is 35.5 Å². The summed E-state index contributed by atoms with van der Waals surface area (Å²) in [6.07, 6.45) is 4.65. The number of hydrogen-bond acceptors (Lipinski definition) is 7. The highest BCUT2D eigenvalue weighted by molar-refractivity contribution is 7.89. The second kappa shape index (κ2) is 10.1. The Bertz CT molecular complexity index is 1240. The molecule has 0 radical (unpaired) electrons. The van der Waals surface area contributed by atoms with Crippen molar-refractivity contribution in [2.45, 2.75) is 41.8 Å². The van der Waals surface area contributed by atoms with E-state index in [1.165, 1.54) is 34.8 Å². The predicted octanol–water partition coefficient (Wildman–Crippen LogP) is 2.52. The van der Waals surface area contributed by atoms with E-state index >= 15 is 0 Å². The van der Waals surface area contributed by atoms with Crippen molar-refractivity contribution in [1.29, 1.82) is 0 Å². The molecule has 0 bridgehead atoms. The molecule has 1 N–H and O–H groups in total. The molecule has 3 aromatic rings. The van der Waals surface area contributed by atoms with Crippen molar-refractivity contribution in [3.05, 3.63) is 78.5 Å². The maximum absolute atomic E-state index is 13.4. The first-order valence-corrected chi connectivity index (χ1v) is 13.4. The molecule has 11 heteroatoms. The molecule has 0 amide bonds. The van der Waals surface area contributed by atoms with Crippen LogP contribution >= 0.6 is 0 Å². The van der Waals surface area contributed by atoms with E-state index in [0.717, 1.165) is 12.8 Å². The van der Waals surface area contributed by atoms with Crippen LogP contribution in [0.1, 0.15) is 24.3 Å². The molecule has 2 aromatic heterocycles. The van der Waals surface area contributed by atoms with Gasteiger partial charge < -0.3 is 9.15 Å². The summed E-state index contributed by atoms with van der Waals surface area (Å²) in [5, 5.41) is 0. The van der Waals surface area contributed by atoms with Crippen LogP contribution in [0.15, 0.2) is 81.3 Å². The lowest BCUT2D eigenvalue weighted by molar-refractivity contribution is 0.114. The lowest BCUT2D eigenvalue weighted by Gasteiger charge is -2.21. The number of hydrogen-bond donors (Lipinski definition) is 1. The van der Waals surface area contributed by atoms with Crippen LogP contribution in [0.2, 0.25) is 0 Å². The first-order valence-electron chi connectivity index (χ1n) is 10.5. The second-order valence-electron chi connectivity index (χ2n) is 7.63. The third-order valence-corrected chi connectivity index (χ3v) is 8.52. The molecule has 1 saturated heterocycles. The second-order valence-corrected chi connectivity index (χ2v) is 11.3. The monoisotopic (exact) mass is 491 g/mol. The Morgan fingerprint density at radius 2 is 1.76 bits per heavy atom. The van der Waals surface area contributed by atoms with E-state index in [4.69, 9.17) is 9.15 Å². The van der Waals surface area contributed by atoms with E-state index in [9.17, 15) is 16.8 Å². The van der Waals surface area contributed by atoms with Crippen molar-refractivity contribution in [2.75, 3.05) is 13.2 Å². The highest BCUT2D eigenvalue weighted by atomic mass is 32.2. The molecular weight excluding hydrogens is 466 g/mol. The largest absolute Gasteiger partial charge is 0.468 e. The number of benzene rings is 1. The molecule has 33 heavy (non-hydrogen) atoms. The van der Waals surface area contributed by atoms with Gasteiger partial charge in [-0.2, -0.15) is 4.31 Å². The van der Waals surface area contributed by atoms with E-state index in [1.54, 1.807) is 36.5 Å². The predicted molar refractivity (Wildman–Crippen MR) is 120 cm³/mol. The lowest BCUT2D eigenvalue weighted by Crippen LogP contribution is -2.32. The smallest absolute Gasteiger partial charge is 0.243 e. The summed E-state index contributed by atoms with van der Waals surface area (Å²) in [7, 11) is -7.75. The fourth-order valence-electron chi connectivity index (χ4n) is 3.51. The Morgan fingerprint density at radius 3 is 2.39 bits per heavy atom. The third kappa shape index (κ3) is 5.87. The molecule has 176 valence electrons. The van der Waals surface area contributed by atoms with Crippen LogP contribution in [0.3, 0.4) is 0 Å². The standard InChI is InChI=1S/C22H25N3O6S2/c26-32(27,24-15-19-6-3-13-30-19)21-8-10-22(11-9-21)33(28,29)25(17-20-7-4-14-31-20)16-18-5-1-2-12-23-18/h1-2,4-5,7-12,14,19,24H,3,6,13,15-17H2/t19-/m1/s1. The minimum Gasteiger partial charge on any atom is -0.468 e. The number of ether oxygens (including phenoxy) is 1. The maximum atomic E-state index is 13.4. The van der Waals surface area contributed by atoms with Crippen molar-refractivity contribution in [2.24, 2.45) is 0 Å². The van der Waals surface area contributed by atoms with Gasteiger partial charge in [0.2, 0.25) is 20.0 Å². The molecule has 0 aliphatic carbocycles. The average Bonchev–Trinajstić information content (AvgIpc) is 3.53. The number of nitrogens with one attached hydrogen (secondary N) is 1. The first-order chi connectivity index (χ1) is 15.8. The molecule has 9 nitrogen and oxygen atoms in total. The van der Waals surface area contributed by atoms with Gasteiger partial charge in [0, 0.05) is 19.3 Å². The van der Waals surface area contributed by atoms with Gasteiger partial charge in [0.25, 0.3) is 0 Å². The van der Waals surface area contributed by atoms with Crippen molar-refractivity contribution in [1.82, 2.24) is 14.0 Å². The molecular formula is C22H25N3O6S2. The van der Waals surface area contributed by atoms with Crippen molar-refractivity contribution < 1.29 is 26.0 Å². The molecule has 1 fully saturated rings. The van der Waals surface area contributed by atoms with Gasteiger partial charge in [-0.05, 0) is 61.4 Å². The molecule has 0 unspecified atom stereocenters. The van der Waals surface area contributed by atoms with Crippen molar-refractivity contribution in [3.63, 3.8) is 0 Å². The molecule has 1 aliphatic rings. The summed E-state index contributed by atoms with van der Waals surface area (Å²) >= 11 is 0. The number of pyridine rings is 1. The Hall–Kier alpha value is -2.57. The van der Waals surface area contributed by atoms with Crippen LogP contribution in [0.25, 0.3) is 0 Å². The number of aromatic nitrogens is 1. The molecule has 3 heterocycles. The number of sulfonamides is 2. The molecule has 1 aromatic carbocycles. The first kappa shape index (κ1) is 23.6. The van der Waals surface area contributed by atoms with Crippen LogP contribution in [0, 0.1) is 0 Å². The van der Waals surface area contributed by atoms with Gasteiger partial charge in [0.05, 0.1) is 40.9 Å². The summed E-state index contributed by atoms with van der Waals surface area (Å²) in [4.78, 5) is 4.18. The van der Waals surface area contributed by atoms with Crippen LogP contribution in [0.5, 0.6) is 0 Å². The van der Waals surface area contributed by atoms with Crippen LogP contribution in [0.4, 0.5) is 0 Å². The highest BCUT2D eigenvalue weighted by Crippen LogP contribution is 2.23. The van der Waals surface area contributed by atoms with E-state index < -0.39 is 20.0 Å². The zero-order valence-electron chi connectivity index (χ0n) is 17.8. The molecule has 4 rings (SSSR count). The van der Waals surface area contributed by atoms with Gasteiger partial charge in [0.1, 0.15) is 5.76 Å². The summed E-state index contributed by atoms with van der Waals surface area (Å²) < 4.78 is 66.5. The van der Waals surface area contributed by atoms with E-state index in [1.807, 2.05) is 0 Å². The fourth-order valence-corrected chi connectivity index (χ4v) is 5.95. The van der Waals surface area contributed by atoms with Crippen molar-refractivity contribution >= 4 is 20.0 Å². The topological polar surface area (TPSA) is 119 Å². The SMILES string of the molecule is O=S(=O)(NC[C@H]1CCCO1)c1ccc(S(=O)(=O)N(Cc2ccccn2)Cc2ccco2)cc1. The zero-order chi connectivity index (χ0) is 23.3. The third-order valence-electron chi connectivity index (χ3n) is 5.27. The van der Waals surface area contributed by atoms with Gasteiger partial charge >= 0.3 is 0 Å². The quantitative estimate of drug-likeness (QED) is 0.463. The lowest BCUT2D eigenvalue weighted by atomic mass is 10.2. The average molecular weight is 492 g/mol. The van der Waals surface area contributed by atoms with Crippen LogP contribution < -0.4 is 4.72 Å².